The monoisotopic (exact) mass is 326 g/mol. The van der Waals surface area contributed by atoms with E-state index in [0.29, 0.717) is 13.2 Å². The lowest BCUT2D eigenvalue weighted by atomic mass is 9.87. The molecule has 0 saturated carbocycles. The average Bonchev–Trinajstić information content (AvgIpc) is 2.50. The summed E-state index contributed by atoms with van der Waals surface area (Å²) >= 11 is 0. The van der Waals surface area contributed by atoms with Gasteiger partial charge in [0, 0.05) is 23.0 Å². The van der Waals surface area contributed by atoms with Crippen molar-refractivity contribution < 1.29 is 23.8 Å². The number of ether oxygens (including phenoxy) is 3. The Balaban J connectivity index is 4.38. The van der Waals surface area contributed by atoms with Gasteiger partial charge in [-0.05, 0) is 6.42 Å². The highest BCUT2D eigenvalue weighted by Gasteiger charge is 2.28. The Morgan fingerprint density at radius 2 is 1.43 bits per heavy atom. The van der Waals surface area contributed by atoms with Crippen molar-refractivity contribution in [3.8, 4) is 0 Å². The van der Waals surface area contributed by atoms with E-state index >= 15 is 0 Å². The van der Waals surface area contributed by atoms with E-state index in [1.54, 1.807) is 0 Å². The Morgan fingerprint density at radius 1 is 0.913 bits per heavy atom. The molecule has 0 aliphatic carbocycles. The Hall–Kier alpha value is -1.62. The van der Waals surface area contributed by atoms with Crippen LogP contribution in [0.4, 0.5) is 0 Å². The average molecular weight is 326 g/mol. The van der Waals surface area contributed by atoms with Crippen LogP contribution in [0.1, 0.15) is 40.5 Å². The predicted octanol–water partition coefficient (Wildman–Crippen LogP) is 3.29. The lowest BCUT2D eigenvalue weighted by molar-refractivity contribution is -0.144. The van der Waals surface area contributed by atoms with Gasteiger partial charge in [-0.25, -0.2) is 9.59 Å². The molecule has 0 aromatic rings. The molecule has 0 aliphatic rings. The molecular formula is C18H30O5. The van der Waals surface area contributed by atoms with E-state index in [1.165, 1.54) is 0 Å². The topological polar surface area (TPSA) is 61.8 Å². The van der Waals surface area contributed by atoms with Gasteiger partial charge in [0.25, 0.3) is 0 Å². The Labute approximate surface area is 139 Å². The lowest BCUT2D eigenvalue weighted by Gasteiger charge is -2.31. The molecule has 1 atom stereocenters. The molecule has 0 radical (unpaired) electrons. The first-order chi connectivity index (χ1) is 10.7. The fourth-order valence-electron chi connectivity index (χ4n) is 2.03. The van der Waals surface area contributed by atoms with Crippen LogP contribution in [0.3, 0.4) is 0 Å². The third kappa shape index (κ3) is 9.89. The van der Waals surface area contributed by atoms with Gasteiger partial charge in [0.05, 0.1) is 26.4 Å². The van der Waals surface area contributed by atoms with Crippen LogP contribution in [0.15, 0.2) is 25.3 Å². The number of hydrogen-bond acceptors (Lipinski definition) is 5. The van der Waals surface area contributed by atoms with E-state index in [-0.39, 0.29) is 24.0 Å². The van der Waals surface area contributed by atoms with Gasteiger partial charge in [-0.2, -0.15) is 0 Å². The van der Waals surface area contributed by atoms with E-state index in [4.69, 9.17) is 14.2 Å². The number of carbonyl (C=O) groups is 2. The van der Waals surface area contributed by atoms with Gasteiger partial charge in [-0.15, -0.1) is 0 Å². The third-order valence-corrected chi connectivity index (χ3v) is 3.30. The second kappa shape index (κ2) is 10.2. The van der Waals surface area contributed by atoms with Gasteiger partial charge < -0.3 is 14.2 Å². The van der Waals surface area contributed by atoms with E-state index in [2.05, 4.69) is 20.1 Å². The summed E-state index contributed by atoms with van der Waals surface area (Å²) in [4.78, 5) is 22.4. The molecule has 0 amide bonds. The summed E-state index contributed by atoms with van der Waals surface area (Å²) in [6, 6.07) is 0. The quantitative estimate of drug-likeness (QED) is 0.407. The van der Waals surface area contributed by atoms with Gasteiger partial charge in [0.15, 0.2) is 0 Å². The first-order valence-electron chi connectivity index (χ1n) is 7.84. The first kappa shape index (κ1) is 21.4. The second-order valence-electron chi connectivity index (χ2n) is 6.84. The van der Waals surface area contributed by atoms with E-state index in [9.17, 15) is 9.59 Å². The van der Waals surface area contributed by atoms with Gasteiger partial charge >= 0.3 is 11.9 Å². The Bertz CT molecular complexity index is 414. The molecule has 5 heteroatoms. The molecule has 5 nitrogen and oxygen atoms in total. The summed E-state index contributed by atoms with van der Waals surface area (Å²) < 4.78 is 16.0. The van der Waals surface area contributed by atoms with Crippen LogP contribution in [0.25, 0.3) is 0 Å². The molecule has 0 aromatic heterocycles. The second-order valence-corrected chi connectivity index (χ2v) is 6.84. The van der Waals surface area contributed by atoms with Gasteiger partial charge in [-0.1, -0.05) is 47.3 Å². The molecule has 0 heterocycles. The zero-order chi connectivity index (χ0) is 17.9. The van der Waals surface area contributed by atoms with Crippen molar-refractivity contribution in [1.82, 2.24) is 0 Å². The molecule has 0 N–H and O–H groups in total. The van der Waals surface area contributed by atoms with Gasteiger partial charge in [0.2, 0.25) is 0 Å². The van der Waals surface area contributed by atoms with Crippen molar-refractivity contribution in [2.45, 2.75) is 40.5 Å². The maximum atomic E-state index is 11.2. The molecule has 0 aliphatic heterocycles. The Kier molecular flexibility index (Phi) is 9.49. The fraction of sp³-hybridized carbons (Fsp3) is 0.667. The van der Waals surface area contributed by atoms with Crippen molar-refractivity contribution in [1.29, 1.82) is 0 Å². The van der Waals surface area contributed by atoms with Gasteiger partial charge in [-0.3, -0.25) is 0 Å². The summed E-state index contributed by atoms with van der Waals surface area (Å²) in [5.41, 5.74) is -0.551. The van der Waals surface area contributed by atoms with Crippen LogP contribution in [0.2, 0.25) is 0 Å². The van der Waals surface area contributed by atoms with Gasteiger partial charge in [0.1, 0.15) is 0 Å². The molecule has 0 saturated heterocycles. The van der Waals surface area contributed by atoms with Crippen LogP contribution in [0, 0.1) is 10.8 Å². The lowest BCUT2D eigenvalue weighted by Crippen LogP contribution is -2.33. The normalized spacial score (nSPS) is 13.7. The third-order valence-electron chi connectivity index (χ3n) is 3.30. The van der Waals surface area contributed by atoms with Crippen LogP contribution >= 0.6 is 0 Å². The first-order valence-corrected chi connectivity index (χ1v) is 7.84. The van der Waals surface area contributed by atoms with E-state index < -0.39 is 11.9 Å². The van der Waals surface area contributed by atoms with Crippen LogP contribution in [0.5, 0.6) is 0 Å². The number of esters is 2. The standard InChI is InChI=1S/C18H30O5/c1-7-10-18(6,14-23-16(20)9-3)13-21-11-17(4,5)12-22-15(19)8-2/h8-9H,2-3,7,10-14H2,1,4-6H3. The number of hydrogen-bond donors (Lipinski definition) is 0. The highest BCUT2D eigenvalue weighted by Crippen LogP contribution is 2.26. The van der Waals surface area contributed by atoms with Crippen molar-refractivity contribution in [2.75, 3.05) is 26.4 Å². The molecule has 0 bridgehead atoms. The predicted molar refractivity (Wildman–Crippen MR) is 89.9 cm³/mol. The number of carbonyl (C=O) groups excluding carboxylic acids is 2. The Morgan fingerprint density at radius 3 is 1.91 bits per heavy atom. The van der Waals surface area contributed by atoms with Crippen LogP contribution in [-0.2, 0) is 23.8 Å². The SMILES string of the molecule is C=CC(=O)OCC(C)(C)COCC(C)(CCC)COC(=O)C=C. The molecular weight excluding hydrogens is 296 g/mol. The zero-order valence-electron chi connectivity index (χ0n) is 14.9. The van der Waals surface area contributed by atoms with Crippen LogP contribution in [-0.4, -0.2) is 38.4 Å². The summed E-state index contributed by atoms with van der Waals surface area (Å²) in [5, 5.41) is 0. The smallest absolute Gasteiger partial charge is 0.330 e. The highest BCUT2D eigenvalue weighted by atomic mass is 16.5. The summed E-state index contributed by atoms with van der Waals surface area (Å²) in [6.45, 7) is 16.2. The molecule has 0 rings (SSSR count). The van der Waals surface area contributed by atoms with Crippen molar-refractivity contribution in [3.05, 3.63) is 25.3 Å². The minimum absolute atomic E-state index is 0.249. The van der Waals surface area contributed by atoms with E-state index in [1.807, 2.05) is 20.8 Å². The maximum Gasteiger partial charge on any atom is 0.330 e. The largest absolute Gasteiger partial charge is 0.462 e. The molecule has 23 heavy (non-hydrogen) atoms. The van der Waals surface area contributed by atoms with Crippen LogP contribution < -0.4 is 0 Å². The van der Waals surface area contributed by atoms with Crippen molar-refractivity contribution >= 4 is 11.9 Å². The fourth-order valence-corrected chi connectivity index (χ4v) is 2.03. The minimum atomic E-state index is -0.440. The number of rotatable bonds is 12. The van der Waals surface area contributed by atoms with Crippen molar-refractivity contribution in [2.24, 2.45) is 10.8 Å². The van der Waals surface area contributed by atoms with E-state index in [0.717, 1.165) is 25.0 Å². The zero-order valence-corrected chi connectivity index (χ0v) is 14.9. The summed E-state index contributed by atoms with van der Waals surface area (Å²) in [6.07, 6.45) is 4.14. The molecule has 0 aromatic carbocycles. The molecule has 0 fully saturated rings. The molecule has 0 spiro atoms. The summed E-state index contributed by atoms with van der Waals surface area (Å²) in [7, 11) is 0. The minimum Gasteiger partial charge on any atom is -0.462 e. The highest BCUT2D eigenvalue weighted by molar-refractivity contribution is 5.81. The molecule has 132 valence electrons. The maximum absolute atomic E-state index is 11.2. The van der Waals surface area contributed by atoms with Crippen molar-refractivity contribution in [3.63, 3.8) is 0 Å². The molecule has 1 unspecified atom stereocenters. The summed E-state index contributed by atoms with van der Waals surface area (Å²) in [5.74, 6) is -0.866.